The third kappa shape index (κ3) is 9.58. The van der Waals surface area contributed by atoms with E-state index in [1.807, 2.05) is 40.1 Å². The standard InChI is InChI=1S/C27H43N3O3/c1-4-6-8-16-27(32)29(17-11-13-24-12-9-10-14-25(24)33-3)21-18-28-19-22-30(23-20-28)26(31)15-7-5-2/h9-14H,4-8,15-23H2,1-3H3/b13-11+. The van der Waals surface area contributed by atoms with Gasteiger partial charge in [-0.2, -0.15) is 0 Å². The number of nitrogens with zero attached hydrogens (tertiary/aromatic N) is 3. The molecule has 0 unspecified atom stereocenters. The maximum atomic E-state index is 12.9. The molecule has 33 heavy (non-hydrogen) atoms. The zero-order valence-corrected chi connectivity index (χ0v) is 20.9. The van der Waals surface area contributed by atoms with Crippen molar-refractivity contribution in [2.75, 3.05) is 52.9 Å². The fourth-order valence-corrected chi connectivity index (χ4v) is 4.08. The van der Waals surface area contributed by atoms with Crippen molar-refractivity contribution in [3.05, 3.63) is 35.9 Å². The number of amides is 2. The molecule has 0 saturated carbocycles. The maximum Gasteiger partial charge on any atom is 0.222 e. The molecule has 184 valence electrons. The van der Waals surface area contributed by atoms with Gasteiger partial charge in [-0.1, -0.05) is 63.5 Å². The van der Waals surface area contributed by atoms with Gasteiger partial charge in [-0.15, -0.1) is 0 Å². The van der Waals surface area contributed by atoms with Crippen molar-refractivity contribution >= 4 is 17.9 Å². The van der Waals surface area contributed by atoms with Gasteiger partial charge in [0.25, 0.3) is 0 Å². The summed E-state index contributed by atoms with van der Waals surface area (Å²) < 4.78 is 5.42. The van der Waals surface area contributed by atoms with E-state index in [1.165, 1.54) is 0 Å². The molecule has 6 nitrogen and oxygen atoms in total. The second-order valence-corrected chi connectivity index (χ2v) is 8.77. The number of benzene rings is 1. The lowest BCUT2D eigenvalue weighted by Crippen LogP contribution is -2.50. The third-order valence-electron chi connectivity index (χ3n) is 6.26. The summed E-state index contributed by atoms with van der Waals surface area (Å²) in [7, 11) is 1.67. The molecule has 0 aromatic heterocycles. The van der Waals surface area contributed by atoms with Crippen LogP contribution in [0.4, 0.5) is 0 Å². The molecule has 0 spiro atoms. The highest BCUT2D eigenvalue weighted by atomic mass is 16.5. The fraction of sp³-hybridized carbons (Fsp3) is 0.630. The van der Waals surface area contributed by atoms with E-state index in [0.717, 1.165) is 76.1 Å². The lowest BCUT2D eigenvalue weighted by molar-refractivity contribution is -0.133. The second-order valence-electron chi connectivity index (χ2n) is 8.77. The number of hydrogen-bond donors (Lipinski definition) is 0. The Balaban J connectivity index is 1.88. The Morgan fingerprint density at radius 1 is 1.00 bits per heavy atom. The maximum absolute atomic E-state index is 12.9. The second kappa shape index (κ2) is 15.5. The van der Waals surface area contributed by atoms with Crippen molar-refractivity contribution in [3.8, 4) is 5.75 Å². The van der Waals surface area contributed by atoms with E-state index in [0.29, 0.717) is 25.9 Å². The van der Waals surface area contributed by atoms with Gasteiger partial charge in [-0.25, -0.2) is 0 Å². The van der Waals surface area contributed by atoms with Gasteiger partial charge >= 0.3 is 0 Å². The number of para-hydroxylation sites is 1. The first-order chi connectivity index (χ1) is 16.1. The van der Waals surface area contributed by atoms with E-state index < -0.39 is 0 Å². The topological polar surface area (TPSA) is 53.1 Å². The van der Waals surface area contributed by atoms with Gasteiger partial charge in [0.05, 0.1) is 7.11 Å². The monoisotopic (exact) mass is 457 g/mol. The Morgan fingerprint density at radius 3 is 2.42 bits per heavy atom. The van der Waals surface area contributed by atoms with E-state index in [4.69, 9.17) is 4.74 Å². The Morgan fingerprint density at radius 2 is 1.73 bits per heavy atom. The molecule has 0 atom stereocenters. The average molecular weight is 458 g/mol. The molecular formula is C27H43N3O3. The highest BCUT2D eigenvalue weighted by Crippen LogP contribution is 2.18. The van der Waals surface area contributed by atoms with Gasteiger partial charge in [0.2, 0.25) is 11.8 Å². The number of piperazine rings is 1. The lowest BCUT2D eigenvalue weighted by Gasteiger charge is -2.36. The van der Waals surface area contributed by atoms with Gasteiger partial charge in [0.15, 0.2) is 0 Å². The largest absolute Gasteiger partial charge is 0.496 e. The van der Waals surface area contributed by atoms with Crippen LogP contribution >= 0.6 is 0 Å². The number of unbranched alkanes of at least 4 members (excludes halogenated alkanes) is 3. The molecule has 6 heteroatoms. The van der Waals surface area contributed by atoms with Crippen LogP contribution in [0, 0.1) is 0 Å². The number of carbonyl (C=O) groups excluding carboxylic acids is 2. The minimum atomic E-state index is 0.224. The SMILES string of the molecule is CCCCCC(=O)N(C/C=C/c1ccccc1OC)CCN1CCN(C(=O)CCCC)CC1. The van der Waals surface area contributed by atoms with Crippen molar-refractivity contribution in [2.45, 2.75) is 58.8 Å². The molecule has 0 radical (unpaired) electrons. The van der Waals surface area contributed by atoms with Crippen LogP contribution in [0.15, 0.2) is 30.3 Å². The van der Waals surface area contributed by atoms with E-state index in [-0.39, 0.29) is 11.8 Å². The van der Waals surface area contributed by atoms with Crippen molar-refractivity contribution in [2.24, 2.45) is 0 Å². The quantitative estimate of drug-likeness (QED) is 0.387. The van der Waals surface area contributed by atoms with Gasteiger partial charge in [-0.05, 0) is 18.9 Å². The molecule has 1 saturated heterocycles. The molecule has 0 N–H and O–H groups in total. The highest BCUT2D eigenvalue weighted by Gasteiger charge is 2.21. The zero-order chi connectivity index (χ0) is 23.9. The third-order valence-corrected chi connectivity index (χ3v) is 6.26. The Kier molecular flexibility index (Phi) is 12.6. The molecule has 1 aliphatic heterocycles. The van der Waals surface area contributed by atoms with E-state index in [1.54, 1.807) is 7.11 Å². The Bertz CT molecular complexity index is 742. The zero-order valence-electron chi connectivity index (χ0n) is 20.9. The van der Waals surface area contributed by atoms with E-state index in [2.05, 4.69) is 24.8 Å². The van der Waals surface area contributed by atoms with Crippen molar-refractivity contribution in [3.63, 3.8) is 0 Å². The van der Waals surface area contributed by atoms with Crippen LogP contribution in [0.1, 0.15) is 64.4 Å². The number of rotatable bonds is 14. The molecule has 1 aliphatic rings. The summed E-state index contributed by atoms with van der Waals surface area (Å²) in [5.41, 5.74) is 1.02. The van der Waals surface area contributed by atoms with Crippen LogP contribution in [-0.4, -0.2) is 79.4 Å². The molecule has 1 fully saturated rings. The molecule has 1 heterocycles. The van der Waals surface area contributed by atoms with Crippen LogP contribution in [0.5, 0.6) is 5.75 Å². The first kappa shape index (κ1) is 26.9. The van der Waals surface area contributed by atoms with Gasteiger partial charge < -0.3 is 14.5 Å². The summed E-state index contributed by atoms with van der Waals surface area (Å²) >= 11 is 0. The minimum Gasteiger partial charge on any atom is -0.496 e. The summed E-state index contributed by atoms with van der Waals surface area (Å²) in [6.07, 6.45) is 10.5. The van der Waals surface area contributed by atoms with E-state index >= 15 is 0 Å². The number of carbonyl (C=O) groups is 2. The van der Waals surface area contributed by atoms with Crippen LogP contribution in [-0.2, 0) is 9.59 Å². The molecule has 1 aromatic rings. The first-order valence-electron chi connectivity index (χ1n) is 12.7. The summed E-state index contributed by atoms with van der Waals surface area (Å²) in [5, 5.41) is 0. The summed E-state index contributed by atoms with van der Waals surface area (Å²) in [5.74, 6) is 1.34. The van der Waals surface area contributed by atoms with Gasteiger partial charge in [0.1, 0.15) is 5.75 Å². The Labute approximate surface area is 200 Å². The molecule has 0 aliphatic carbocycles. The van der Waals surface area contributed by atoms with Crippen molar-refractivity contribution < 1.29 is 14.3 Å². The summed E-state index contributed by atoms with van der Waals surface area (Å²) in [6.45, 7) is 9.78. The van der Waals surface area contributed by atoms with Crippen LogP contribution in [0.2, 0.25) is 0 Å². The smallest absolute Gasteiger partial charge is 0.222 e. The molecule has 2 rings (SSSR count). The minimum absolute atomic E-state index is 0.224. The highest BCUT2D eigenvalue weighted by molar-refractivity contribution is 5.77. The lowest BCUT2D eigenvalue weighted by atomic mass is 10.1. The number of ether oxygens (including phenoxy) is 1. The average Bonchev–Trinajstić information content (AvgIpc) is 2.85. The molecule has 0 bridgehead atoms. The van der Waals surface area contributed by atoms with E-state index in [9.17, 15) is 9.59 Å². The van der Waals surface area contributed by atoms with Crippen molar-refractivity contribution in [1.29, 1.82) is 0 Å². The summed E-state index contributed by atoms with van der Waals surface area (Å²) in [6, 6.07) is 7.91. The molecule has 2 amide bonds. The predicted octanol–water partition coefficient (Wildman–Crippen LogP) is 4.45. The van der Waals surface area contributed by atoms with Crippen LogP contribution < -0.4 is 4.74 Å². The molecule has 1 aromatic carbocycles. The van der Waals surface area contributed by atoms with Gasteiger partial charge in [-0.3, -0.25) is 14.5 Å². The number of hydrogen-bond acceptors (Lipinski definition) is 4. The number of methoxy groups -OCH3 is 1. The summed E-state index contributed by atoms with van der Waals surface area (Å²) in [4.78, 5) is 31.5. The Hall–Kier alpha value is -2.34. The van der Waals surface area contributed by atoms with Crippen LogP contribution in [0.3, 0.4) is 0 Å². The van der Waals surface area contributed by atoms with Crippen LogP contribution in [0.25, 0.3) is 6.08 Å². The normalized spacial score (nSPS) is 14.6. The van der Waals surface area contributed by atoms with Gasteiger partial charge in [0, 0.05) is 64.2 Å². The first-order valence-corrected chi connectivity index (χ1v) is 12.7. The van der Waals surface area contributed by atoms with Crippen molar-refractivity contribution in [1.82, 2.24) is 14.7 Å². The fourth-order valence-electron chi connectivity index (χ4n) is 4.08. The predicted molar refractivity (Wildman–Crippen MR) is 135 cm³/mol. The molecular weight excluding hydrogens is 414 g/mol.